The van der Waals surface area contributed by atoms with Gasteiger partial charge in [-0.3, -0.25) is 0 Å². The predicted molar refractivity (Wildman–Crippen MR) is 73.8 cm³/mol. The fraction of sp³-hybridized carbons (Fsp3) is 0.400. The average molecular weight is 274 g/mol. The number of benzene rings is 1. The molecule has 0 fully saturated rings. The van der Waals surface area contributed by atoms with Gasteiger partial charge in [0.15, 0.2) is 0 Å². The van der Waals surface area contributed by atoms with Crippen molar-refractivity contribution in [1.82, 2.24) is 9.55 Å². The van der Waals surface area contributed by atoms with Gasteiger partial charge in [0.05, 0.1) is 31.4 Å². The highest BCUT2D eigenvalue weighted by atomic mass is 16.5. The van der Waals surface area contributed by atoms with E-state index in [1.54, 1.807) is 19.6 Å². The number of ether oxygens (including phenoxy) is 2. The number of nitrogens with zero attached hydrogens (tertiary/aromatic N) is 2. The van der Waals surface area contributed by atoms with Gasteiger partial charge >= 0.3 is 0 Å². The van der Waals surface area contributed by atoms with Gasteiger partial charge in [-0.2, -0.15) is 0 Å². The normalized spacial score (nSPS) is 21.1. The maximum atomic E-state index is 10.3. The molecule has 5 heteroatoms. The number of aryl methyl sites for hydroxylation is 1. The Bertz CT molecular complexity index is 609. The molecular formula is C15H18N2O3. The van der Waals surface area contributed by atoms with E-state index >= 15 is 0 Å². The summed E-state index contributed by atoms with van der Waals surface area (Å²) in [6, 6.07) is 5.51. The Morgan fingerprint density at radius 2 is 2.35 bits per heavy atom. The van der Waals surface area contributed by atoms with E-state index < -0.39 is 6.10 Å². The second kappa shape index (κ2) is 5.17. The number of fused-ring (bicyclic) bond motifs is 1. The van der Waals surface area contributed by atoms with Crippen molar-refractivity contribution < 1.29 is 14.6 Å². The van der Waals surface area contributed by atoms with Gasteiger partial charge in [0, 0.05) is 18.5 Å². The van der Waals surface area contributed by atoms with Crippen molar-refractivity contribution in [2.24, 2.45) is 0 Å². The van der Waals surface area contributed by atoms with Crippen LogP contribution in [0.1, 0.15) is 36.8 Å². The van der Waals surface area contributed by atoms with Crippen molar-refractivity contribution in [2.75, 3.05) is 7.11 Å². The topological polar surface area (TPSA) is 56.5 Å². The standard InChI is InChI=1S/C15H18N2O3/c1-3-17-9-16-8-12(17)15-7-13(18)11-6-10(19-2)4-5-14(11)20-15/h4-6,8-9,13,15,18H,3,7H2,1-2H3/t13-,15?/m1/s1. The Balaban J connectivity index is 1.93. The third kappa shape index (κ3) is 2.14. The molecule has 106 valence electrons. The van der Waals surface area contributed by atoms with Gasteiger partial charge in [-0.15, -0.1) is 0 Å². The first kappa shape index (κ1) is 13.0. The molecule has 20 heavy (non-hydrogen) atoms. The van der Waals surface area contributed by atoms with Gasteiger partial charge in [0.2, 0.25) is 0 Å². The molecule has 0 amide bonds. The van der Waals surface area contributed by atoms with Crippen molar-refractivity contribution in [2.45, 2.75) is 32.1 Å². The molecule has 0 aliphatic carbocycles. The van der Waals surface area contributed by atoms with Crippen LogP contribution in [0.2, 0.25) is 0 Å². The molecule has 1 aromatic carbocycles. The quantitative estimate of drug-likeness (QED) is 0.934. The molecule has 3 rings (SSSR count). The molecule has 0 spiro atoms. The van der Waals surface area contributed by atoms with E-state index in [1.165, 1.54) is 0 Å². The molecule has 1 aromatic heterocycles. The molecule has 0 bridgehead atoms. The van der Waals surface area contributed by atoms with Crippen molar-refractivity contribution >= 4 is 0 Å². The third-order valence-electron chi connectivity index (χ3n) is 3.70. The number of methoxy groups -OCH3 is 1. The van der Waals surface area contributed by atoms with Crippen molar-refractivity contribution in [1.29, 1.82) is 0 Å². The molecule has 2 atom stereocenters. The lowest BCUT2D eigenvalue weighted by Crippen LogP contribution is -2.21. The van der Waals surface area contributed by atoms with Crippen LogP contribution in [0.3, 0.4) is 0 Å². The minimum Gasteiger partial charge on any atom is -0.497 e. The van der Waals surface area contributed by atoms with Gasteiger partial charge in [-0.25, -0.2) is 4.98 Å². The summed E-state index contributed by atoms with van der Waals surface area (Å²) in [7, 11) is 1.61. The van der Waals surface area contributed by atoms with Crippen LogP contribution in [-0.4, -0.2) is 21.8 Å². The van der Waals surface area contributed by atoms with E-state index in [4.69, 9.17) is 9.47 Å². The molecule has 1 aliphatic rings. The molecule has 1 N–H and O–H groups in total. The van der Waals surface area contributed by atoms with Crippen LogP contribution in [-0.2, 0) is 6.54 Å². The summed E-state index contributed by atoms with van der Waals surface area (Å²) in [5, 5.41) is 10.3. The first-order valence-electron chi connectivity index (χ1n) is 6.75. The Hall–Kier alpha value is -2.01. The second-order valence-electron chi connectivity index (χ2n) is 4.87. The van der Waals surface area contributed by atoms with Crippen LogP contribution in [0.4, 0.5) is 0 Å². The molecule has 0 saturated carbocycles. The Morgan fingerprint density at radius 3 is 3.10 bits per heavy atom. The monoisotopic (exact) mass is 274 g/mol. The van der Waals surface area contributed by atoms with Gasteiger partial charge in [-0.05, 0) is 25.1 Å². The first-order valence-corrected chi connectivity index (χ1v) is 6.75. The number of aromatic nitrogens is 2. The molecule has 0 saturated heterocycles. The Kier molecular flexibility index (Phi) is 3.36. The van der Waals surface area contributed by atoms with E-state index in [1.807, 2.05) is 22.8 Å². The maximum absolute atomic E-state index is 10.3. The number of imidazole rings is 1. The van der Waals surface area contributed by atoms with E-state index in [-0.39, 0.29) is 6.10 Å². The Labute approximate surface area is 117 Å². The summed E-state index contributed by atoms with van der Waals surface area (Å²) in [6.45, 7) is 2.89. The van der Waals surface area contributed by atoms with E-state index in [0.717, 1.165) is 23.6 Å². The highest BCUT2D eigenvalue weighted by Gasteiger charge is 2.30. The van der Waals surface area contributed by atoms with Crippen molar-refractivity contribution in [3.63, 3.8) is 0 Å². The fourth-order valence-corrected chi connectivity index (χ4v) is 2.60. The van der Waals surface area contributed by atoms with Gasteiger partial charge in [0.25, 0.3) is 0 Å². The lowest BCUT2D eigenvalue weighted by Gasteiger charge is -2.30. The lowest BCUT2D eigenvalue weighted by molar-refractivity contribution is 0.0616. The van der Waals surface area contributed by atoms with Crippen LogP contribution >= 0.6 is 0 Å². The van der Waals surface area contributed by atoms with E-state index in [9.17, 15) is 5.11 Å². The zero-order valence-electron chi connectivity index (χ0n) is 11.6. The number of hydrogen-bond donors (Lipinski definition) is 1. The first-order chi connectivity index (χ1) is 9.72. The van der Waals surface area contributed by atoms with Gasteiger partial charge in [0.1, 0.15) is 17.6 Å². The second-order valence-corrected chi connectivity index (χ2v) is 4.87. The minimum atomic E-state index is -0.556. The van der Waals surface area contributed by atoms with Crippen molar-refractivity contribution in [3.05, 3.63) is 42.0 Å². The maximum Gasteiger partial charge on any atom is 0.143 e. The van der Waals surface area contributed by atoms with Crippen LogP contribution in [0.25, 0.3) is 0 Å². The molecule has 1 aliphatic heterocycles. The highest BCUT2D eigenvalue weighted by Crippen LogP contribution is 2.42. The molecule has 5 nitrogen and oxygen atoms in total. The number of aliphatic hydroxyl groups excluding tert-OH is 1. The molecular weight excluding hydrogens is 256 g/mol. The zero-order valence-corrected chi connectivity index (χ0v) is 11.6. The summed E-state index contributed by atoms with van der Waals surface area (Å²) in [6.07, 6.45) is 3.38. The smallest absolute Gasteiger partial charge is 0.143 e. The predicted octanol–water partition coefficient (Wildman–Crippen LogP) is 2.47. The van der Waals surface area contributed by atoms with Crippen LogP contribution in [0.5, 0.6) is 11.5 Å². The lowest BCUT2D eigenvalue weighted by atomic mass is 9.97. The zero-order chi connectivity index (χ0) is 14.1. The molecule has 0 radical (unpaired) electrons. The molecule has 1 unspecified atom stereocenters. The van der Waals surface area contributed by atoms with Gasteiger partial charge in [-0.1, -0.05) is 0 Å². The summed E-state index contributed by atoms with van der Waals surface area (Å²) in [4.78, 5) is 4.16. The van der Waals surface area contributed by atoms with Crippen LogP contribution < -0.4 is 9.47 Å². The van der Waals surface area contributed by atoms with Crippen molar-refractivity contribution in [3.8, 4) is 11.5 Å². The number of hydrogen-bond acceptors (Lipinski definition) is 4. The number of rotatable bonds is 3. The highest BCUT2D eigenvalue weighted by molar-refractivity contribution is 5.43. The summed E-state index contributed by atoms with van der Waals surface area (Å²) < 4.78 is 13.2. The van der Waals surface area contributed by atoms with Crippen LogP contribution in [0, 0.1) is 0 Å². The van der Waals surface area contributed by atoms with Crippen LogP contribution in [0.15, 0.2) is 30.7 Å². The minimum absolute atomic E-state index is 0.173. The average Bonchev–Trinajstić information content (AvgIpc) is 2.95. The SMILES string of the molecule is CCn1cncc1C1C[C@@H](O)c2cc(OC)ccc2O1. The summed E-state index contributed by atoms with van der Waals surface area (Å²) in [5.74, 6) is 1.43. The van der Waals surface area contributed by atoms with Gasteiger partial charge < -0.3 is 19.1 Å². The van der Waals surface area contributed by atoms with E-state index in [0.29, 0.717) is 12.2 Å². The largest absolute Gasteiger partial charge is 0.497 e. The third-order valence-corrected chi connectivity index (χ3v) is 3.70. The fourth-order valence-electron chi connectivity index (χ4n) is 2.60. The number of aliphatic hydroxyl groups is 1. The Morgan fingerprint density at radius 1 is 1.50 bits per heavy atom. The summed E-state index contributed by atoms with van der Waals surface area (Å²) in [5.41, 5.74) is 1.77. The summed E-state index contributed by atoms with van der Waals surface area (Å²) >= 11 is 0. The molecule has 2 aromatic rings. The van der Waals surface area contributed by atoms with E-state index in [2.05, 4.69) is 11.9 Å². The molecule has 2 heterocycles.